The normalized spacial score (nSPS) is 18.7. The van der Waals surface area contributed by atoms with Crippen LogP contribution in [0.25, 0.3) is 0 Å². The Kier molecular flexibility index (Phi) is 8.67. The molecule has 1 saturated heterocycles. The molecule has 0 aromatic rings. The van der Waals surface area contributed by atoms with Crippen molar-refractivity contribution in [3.8, 4) is 0 Å². The van der Waals surface area contributed by atoms with Gasteiger partial charge in [-0.3, -0.25) is 4.90 Å². The molecule has 1 fully saturated rings. The summed E-state index contributed by atoms with van der Waals surface area (Å²) in [4.78, 5) is 5.10. The average Bonchev–Trinajstić information content (AvgIpc) is 2.36. The molecule has 1 rings (SSSR count). The van der Waals surface area contributed by atoms with Crippen molar-refractivity contribution in [2.75, 3.05) is 52.5 Å². The van der Waals surface area contributed by atoms with E-state index in [4.69, 9.17) is 4.74 Å². The summed E-state index contributed by atoms with van der Waals surface area (Å²) in [5.74, 6) is 0. The van der Waals surface area contributed by atoms with Crippen molar-refractivity contribution in [3.63, 3.8) is 0 Å². The van der Waals surface area contributed by atoms with E-state index >= 15 is 0 Å². The highest BCUT2D eigenvalue weighted by molar-refractivity contribution is 4.71. The van der Waals surface area contributed by atoms with Crippen molar-refractivity contribution in [2.45, 2.75) is 39.5 Å². The fourth-order valence-electron chi connectivity index (χ4n) is 2.30. The number of hydrogen-bond acceptors (Lipinski definition) is 3. The predicted octanol–water partition coefficient (Wildman–Crippen LogP) is 2.22. The first kappa shape index (κ1) is 14.9. The maximum atomic E-state index is 5.66. The van der Waals surface area contributed by atoms with Gasteiger partial charge in [0.1, 0.15) is 0 Å². The first-order chi connectivity index (χ1) is 8.36. The molecule has 1 aliphatic rings. The van der Waals surface area contributed by atoms with Crippen LogP contribution in [0.2, 0.25) is 0 Å². The highest BCUT2D eigenvalue weighted by atomic mass is 16.5. The van der Waals surface area contributed by atoms with E-state index in [1.54, 1.807) is 0 Å². The molecule has 3 nitrogen and oxygen atoms in total. The summed E-state index contributed by atoms with van der Waals surface area (Å²) in [6.45, 7) is 13.7. The van der Waals surface area contributed by atoms with Gasteiger partial charge in [-0.05, 0) is 19.4 Å². The number of ether oxygens (including phenoxy) is 1. The topological polar surface area (TPSA) is 15.7 Å². The second-order valence-corrected chi connectivity index (χ2v) is 5.00. The zero-order chi connectivity index (χ0) is 12.3. The molecule has 1 heterocycles. The van der Waals surface area contributed by atoms with Crippen LogP contribution in [0.1, 0.15) is 39.5 Å². The van der Waals surface area contributed by atoms with Crippen LogP contribution in [0, 0.1) is 0 Å². The minimum Gasteiger partial charge on any atom is -0.380 e. The zero-order valence-electron chi connectivity index (χ0n) is 11.8. The lowest BCUT2D eigenvalue weighted by molar-refractivity contribution is 0.0741. The van der Waals surface area contributed by atoms with E-state index in [1.165, 1.54) is 58.4 Å². The third-order valence-corrected chi connectivity index (χ3v) is 3.45. The summed E-state index contributed by atoms with van der Waals surface area (Å²) in [7, 11) is 0. The van der Waals surface area contributed by atoms with Crippen LogP contribution in [0.3, 0.4) is 0 Å². The second-order valence-electron chi connectivity index (χ2n) is 5.00. The SMILES string of the molecule is CCCCCOCCN1CCN(CCC)CC1. The predicted molar refractivity (Wildman–Crippen MR) is 73.5 cm³/mol. The molecule has 0 saturated carbocycles. The van der Waals surface area contributed by atoms with E-state index in [0.717, 1.165) is 19.8 Å². The lowest BCUT2D eigenvalue weighted by Gasteiger charge is -2.34. The fraction of sp³-hybridized carbons (Fsp3) is 1.00. The first-order valence-corrected chi connectivity index (χ1v) is 7.39. The van der Waals surface area contributed by atoms with Gasteiger partial charge in [0, 0.05) is 39.3 Å². The summed E-state index contributed by atoms with van der Waals surface area (Å²) in [6, 6.07) is 0. The maximum absolute atomic E-state index is 5.66. The van der Waals surface area contributed by atoms with Crippen LogP contribution in [-0.2, 0) is 4.74 Å². The van der Waals surface area contributed by atoms with E-state index in [-0.39, 0.29) is 0 Å². The quantitative estimate of drug-likeness (QED) is 0.577. The van der Waals surface area contributed by atoms with Crippen LogP contribution in [0.4, 0.5) is 0 Å². The number of unbranched alkanes of at least 4 members (excludes halogenated alkanes) is 2. The third kappa shape index (κ3) is 7.02. The third-order valence-electron chi connectivity index (χ3n) is 3.45. The Bertz CT molecular complexity index is 168. The van der Waals surface area contributed by atoms with Crippen LogP contribution in [0.5, 0.6) is 0 Å². The molecule has 0 unspecified atom stereocenters. The molecule has 0 spiro atoms. The van der Waals surface area contributed by atoms with Gasteiger partial charge >= 0.3 is 0 Å². The van der Waals surface area contributed by atoms with Crippen molar-refractivity contribution in [2.24, 2.45) is 0 Å². The Morgan fingerprint density at radius 3 is 2.00 bits per heavy atom. The highest BCUT2D eigenvalue weighted by Gasteiger charge is 2.15. The smallest absolute Gasteiger partial charge is 0.0593 e. The number of nitrogens with zero attached hydrogens (tertiary/aromatic N) is 2. The first-order valence-electron chi connectivity index (χ1n) is 7.39. The highest BCUT2D eigenvalue weighted by Crippen LogP contribution is 2.02. The van der Waals surface area contributed by atoms with Crippen LogP contribution in [-0.4, -0.2) is 62.3 Å². The molecule has 102 valence electrons. The largest absolute Gasteiger partial charge is 0.380 e. The van der Waals surface area contributed by atoms with Crippen molar-refractivity contribution < 1.29 is 4.74 Å². The van der Waals surface area contributed by atoms with Gasteiger partial charge in [0.05, 0.1) is 6.61 Å². The summed E-state index contributed by atoms with van der Waals surface area (Å²) in [5, 5.41) is 0. The molecule has 3 heteroatoms. The molecule has 1 aliphatic heterocycles. The number of hydrogen-bond donors (Lipinski definition) is 0. The molecule has 17 heavy (non-hydrogen) atoms. The van der Waals surface area contributed by atoms with Crippen molar-refractivity contribution in [3.05, 3.63) is 0 Å². The Labute approximate surface area is 107 Å². The standard InChI is InChI=1S/C14H30N2O/c1-3-5-6-13-17-14-12-16-10-8-15(7-4-2)9-11-16/h3-14H2,1-2H3. The van der Waals surface area contributed by atoms with Gasteiger partial charge in [0.2, 0.25) is 0 Å². The Balaban J connectivity index is 1.91. The van der Waals surface area contributed by atoms with Crippen molar-refractivity contribution >= 4 is 0 Å². The van der Waals surface area contributed by atoms with E-state index in [2.05, 4.69) is 23.6 Å². The molecular formula is C14H30N2O. The van der Waals surface area contributed by atoms with E-state index in [1.807, 2.05) is 0 Å². The van der Waals surface area contributed by atoms with Gasteiger partial charge in [-0.1, -0.05) is 26.7 Å². The minimum atomic E-state index is 0.914. The van der Waals surface area contributed by atoms with E-state index in [9.17, 15) is 0 Å². The molecule has 0 amide bonds. The summed E-state index contributed by atoms with van der Waals surface area (Å²) >= 11 is 0. The fourth-order valence-corrected chi connectivity index (χ4v) is 2.30. The lowest BCUT2D eigenvalue weighted by Crippen LogP contribution is -2.47. The van der Waals surface area contributed by atoms with Crippen LogP contribution in [0.15, 0.2) is 0 Å². The molecule has 0 aliphatic carbocycles. The lowest BCUT2D eigenvalue weighted by atomic mass is 10.3. The molecule has 0 aromatic heterocycles. The number of piperazine rings is 1. The molecule has 0 radical (unpaired) electrons. The molecule has 0 aromatic carbocycles. The Morgan fingerprint density at radius 2 is 1.41 bits per heavy atom. The Hall–Kier alpha value is -0.120. The minimum absolute atomic E-state index is 0.914. The van der Waals surface area contributed by atoms with Gasteiger partial charge in [-0.15, -0.1) is 0 Å². The summed E-state index contributed by atoms with van der Waals surface area (Å²) < 4.78 is 5.66. The average molecular weight is 242 g/mol. The van der Waals surface area contributed by atoms with Gasteiger partial charge in [-0.25, -0.2) is 0 Å². The number of rotatable bonds is 9. The van der Waals surface area contributed by atoms with E-state index in [0.29, 0.717) is 0 Å². The van der Waals surface area contributed by atoms with Gasteiger partial charge in [0.15, 0.2) is 0 Å². The van der Waals surface area contributed by atoms with Gasteiger partial charge < -0.3 is 9.64 Å². The monoisotopic (exact) mass is 242 g/mol. The second kappa shape index (κ2) is 9.86. The molecule has 0 N–H and O–H groups in total. The summed E-state index contributed by atoms with van der Waals surface area (Å²) in [6.07, 6.45) is 5.08. The van der Waals surface area contributed by atoms with Crippen molar-refractivity contribution in [1.29, 1.82) is 0 Å². The molecular weight excluding hydrogens is 212 g/mol. The zero-order valence-corrected chi connectivity index (χ0v) is 11.8. The van der Waals surface area contributed by atoms with Crippen molar-refractivity contribution in [1.82, 2.24) is 9.80 Å². The molecule has 0 atom stereocenters. The van der Waals surface area contributed by atoms with Gasteiger partial charge in [-0.2, -0.15) is 0 Å². The van der Waals surface area contributed by atoms with Crippen LogP contribution >= 0.6 is 0 Å². The van der Waals surface area contributed by atoms with Crippen LogP contribution < -0.4 is 0 Å². The molecule has 0 bridgehead atoms. The van der Waals surface area contributed by atoms with E-state index < -0.39 is 0 Å². The maximum Gasteiger partial charge on any atom is 0.0593 e. The van der Waals surface area contributed by atoms with Gasteiger partial charge in [0.25, 0.3) is 0 Å². The summed E-state index contributed by atoms with van der Waals surface area (Å²) in [5.41, 5.74) is 0. The Morgan fingerprint density at radius 1 is 0.765 bits per heavy atom.